The molecular formula is C14H19NSiTi. The summed E-state index contributed by atoms with van der Waals surface area (Å²) in [6, 6.07) is 19.7. The summed E-state index contributed by atoms with van der Waals surface area (Å²) in [4.78, 5) is 0. The molecule has 88 valence electrons. The fourth-order valence-corrected chi connectivity index (χ4v) is 0.956. The summed E-state index contributed by atoms with van der Waals surface area (Å²) in [5.74, 6) is 0. The molecule has 2 aromatic carbocycles. The van der Waals surface area contributed by atoms with Crippen molar-refractivity contribution in [3.63, 3.8) is 0 Å². The molecule has 0 saturated heterocycles. The van der Waals surface area contributed by atoms with E-state index in [4.69, 9.17) is 0 Å². The zero-order valence-corrected chi connectivity index (χ0v) is 13.8. The molecule has 0 aromatic heterocycles. The summed E-state index contributed by atoms with van der Waals surface area (Å²) >= 11 is 0. The molecule has 0 spiro atoms. The first-order chi connectivity index (χ1) is 7.79. The average Bonchev–Trinajstić information content (AvgIpc) is 2.34. The van der Waals surface area contributed by atoms with Crippen LogP contribution in [-0.2, 0) is 21.7 Å². The molecule has 0 fully saturated rings. The third-order valence-corrected chi connectivity index (χ3v) is 1.69. The van der Waals surface area contributed by atoms with Gasteiger partial charge in [0.1, 0.15) is 0 Å². The maximum absolute atomic E-state index is 4.64. The van der Waals surface area contributed by atoms with Crippen molar-refractivity contribution in [2.75, 3.05) is 0 Å². The molecule has 0 amide bonds. The molecule has 0 aliphatic heterocycles. The molecule has 0 aliphatic carbocycles. The molecular weight excluding hydrogens is 258 g/mol. The van der Waals surface area contributed by atoms with Crippen LogP contribution in [0, 0.1) is 13.8 Å². The monoisotopic (exact) mass is 277 g/mol. The van der Waals surface area contributed by atoms with Gasteiger partial charge in [0, 0.05) is 0 Å². The van der Waals surface area contributed by atoms with Crippen LogP contribution in [0.2, 0.25) is 0 Å². The Morgan fingerprint density at radius 2 is 0.882 bits per heavy atom. The van der Waals surface area contributed by atoms with E-state index in [-0.39, 0.29) is 21.7 Å². The number of nitrogens with two attached hydrogens (primary N) is 1. The minimum absolute atomic E-state index is 0. The van der Waals surface area contributed by atoms with Gasteiger partial charge in [-0.25, -0.2) is 0 Å². The minimum atomic E-state index is 0. The summed E-state index contributed by atoms with van der Waals surface area (Å²) in [5.41, 5.74) is 2.14. The topological polar surface area (TPSA) is 26.0 Å². The number of hydrogen-bond acceptors (Lipinski definition) is 1. The first-order valence-electron chi connectivity index (χ1n) is 5.11. The van der Waals surface area contributed by atoms with Gasteiger partial charge >= 0.3 is 21.7 Å². The SMILES string of the molecule is N[SiH3].[CH2-]c1ccccc1.[CH2-]c1ccccc1.[Ti+2]. The molecule has 3 heteroatoms. The van der Waals surface area contributed by atoms with E-state index in [2.05, 4.69) is 19.2 Å². The third-order valence-electron chi connectivity index (χ3n) is 1.69. The second kappa shape index (κ2) is 13.1. The van der Waals surface area contributed by atoms with Crippen molar-refractivity contribution in [3.8, 4) is 0 Å². The van der Waals surface area contributed by atoms with E-state index >= 15 is 0 Å². The van der Waals surface area contributed by atoms with E-state index in [1.54, 1.807) is 0 Å². The Morgan fingerprint density at radius 1 is 0.647 bits per heavy atom. The largest absolute Gasteiger partial charge is 2.00 e. The molecule has 2 N–H and O–H groups in total. The summed E-state index contributed by atoms with van der Waals surface area (Å²) < 4.78 is 0. The fourth-order valence-electron chi connectivity index (χ4n) is 0.956. The zero-order chi connectivity index (χ0) is 12.2. The van der Waals surface area contributed by atoms with Gasteiger partial charge < -0.3 is 5.40 Å². The molecule has 0 atom stereocenters. The molecule has 17 heavy (non-hydrogen) atoms. The second-order valence-corrected chi connectivity index (χ2v) is 2.97. The van der Waals surface area contributed by atoms with Gasteiger partial charge in [0.15, 0.2) is 0 Å². The van der Waals surface area contributed by atoms with Gasteiger partial charge in [0.25, 0.3) is 0 Å². The van der Waals surface area contributed by atoms with Gasteiger partial charge in [-0.15, -0.1) is 24.3 Å². The summed E-state index contributed by atoms with van der Waals surface area (Å²) in [5, 5.41) is 4.64. The zero-order valence-electron chi connectivity index (χ0n) is 10.3. The Hall–Kier alpha value is -0.929. The predicted octanol–water partition coefficient (Wildman–Crippen LogP) is 1.96. The van der Waals surface area contributed by atoms with E-state index in [0.717, 1.165) is 21.5 Å². The Bertz CT molecular complexity index is 314. The molecule has 0 aliphatic rings. The molecule has 0 saturated carbocycles. The molecule has 0 bridgehead atoms. The average molecular weight is 277 g/mol. The van der Waals surface area contributed by atoms with E-state index in [1.165, 1.54) is 0 Å². The Balaban J connectivity index is 0. The number of hydrogen-bond donors (Lipinski definition) is 1. The van der Waals surface area contributed by atoms with Crippen molar-refractivity contribution in [3.05, 3.63) is 85.6 Å². The Kier molecular flexibility index (Phi) is 14.2. The van der Waals surface area contributed by atoms with Crippen LogP contribution in [-0.4, -0.2) is 10.4 Å². The smallest absolute Gasteiger partial charge is 0.358 e. The van der Waals surface area contributed by atoms with Crippen molar-refractivity contribution in [2.24, 2.45) is 5.40 Å². The van der Waals surface area contributed by atoms with Crippen molar-refractivity contribution in [1.82, 2.24) is 0 Å². The maximum atomic E-state index is 4.64. The van der Waals surface area contributed by atoms with Gasteiger partial charge in [-0.3, -0.25) is 0 Å². The summed E-state index contributed by atoms with van der Waals surface area (Å²) in [6.45, 7) is 7.44. The van der Waals surface area contributed by atoms with E-state index in [9.17, 15) is 0 Å². The molecule has 0 unspecified atom stereocenters. The van der Waals surface area contributed by atoms with Crippen molar-refractivity contribution < 1.29 is 21.7 Å². The van der Waals surface area contributed by atoms with Gasteiger partial charge in [-0.05, 0) is 0 Å². The summed E-state index contributed by atoms with van der Waals surface area (Å²) in [6.07, 6.45) is 0. The first-order valence-corrected chi connectivity index (χ1v) is 6.26. The van der Waals surface area contributed by atoms with Crippen LogP contribution in [0.3, 0.4) is 0 Å². The van der Waals surface area contributed by atoms with Crippen molar-refractivity contribution >= 4 is 10.4 Å². The predicted molar refractivity (Wildman–Crippen MR) is 75.9 cm³/mol. The van der Waals surface area contributed by atoms with Crippen molar-refractivity contribution in [1.29, 1.82) is 0 Å². The van der Waals surface area contributed by atoms with E-state index in [0.29, 0.717) is 0 Å². The van der Waals surface area contributed by atoms with Gasteiger partial charge in [-0.2, -0.15) is 49.2 Å². The Morgan fingerprint density at radius 3 is 1.00 bits per heavy atom. The Labute approximate surface area is 123 Å². The third kappa shape index (κ3) is 11.3. The maximum Gasteiger partial charge on any atom is 2.00 e. The van der Waals surface area contributed by atoms with Crippen LogP contribution in [0.1, 0.15) is 11.1 Å². The normalized spacial score (nSPS) is 7.59. The number of benzene rings is 2. The van der Waals surface area contributed by atoms with Crippen LogP contribution in [0.15, 0.2) is 60.7 Å². The van der Waals surface area contributed by atoms with Crippen molar-refractivity contribution in [2.45, 2.75) is 0 Å². The van der Waals surface area contributed by atoms with Crippen LogP contribution in [0.5, 0.6) is 0 Å². The van der Waals surface area contributed by atoms with Gasteiger partial charge in [0.05, 0.1) is 10.4 Å². The standard InChI is InChI=1S/2C7H7.H5NSi.Ti/c2*1-7-5-3-2-4-6-7;1-2;/h2*2-6H,1H2;1H2,2H3;/q2*-1;;+2. The molecule has 2 aromatic rings. The van der Waals surface area contributed by atoms with E-state index in [1.807, 2.05) is 60.7 Å². The second-order valence-electron chi connectivity index (χ2n) is 2.97. The quantitative estimate of drug-likeness (QED) is 0.578. The van der Waals surface area contributed by atoms with Crippen LogP contribution >= 0.6 is 0 Å². The van der Waals surface area contributed by atoms with Crippen LogP contribution < -0.4 is 5.40 Å². The van der Waals surface area contributed by atoms with Crippen LogP contribution in [0.25, 0.3) is 0 Å². The van der Waals surface area contributed by atoms with Crippen LogP contribution in [0.4, 0.5) is 0 Å². The number of rotatable bonds is 0. The molecule has 0 heterocycles. The minimum Gasteiger partial charge on any atom is -0.358 e. The van der Waals surface area contributed by atoms with E-state index < -0.39 is 0 Å². The molecule has 2 rings (SSSR count). The molecule has 0 radical (unpaired) electrons. The fraction of sp³-hybridized carbons (Fsp3) is 0. The molecule has 1 nitrogen and oxygen atoms in total. The van der Waals surface area contributed by atoms with Gasteiger partial charge in [-0.1, -0.05) is 12.1 Å². The van der Waals surface area contributed by atoms with Gasteiger partial charge in [0.2, 0.25) is 0 Å². The first kappa shape index (κ1) is 18.4. The summed E-state index contributed by atoms with van der Waals surface area (Å²) in [7, 11) is 0.806.